The second kappa shape index (κ2) is 9.86. The number of aromatic nitrogens is 2. The molecule has 0 bridgehead atoms. The number of para-hydroxylation sites is 1. The summed E-state index contributed by atoms with van der Waals surface area (Å²) in [5, 5.41) is 14.0. The fourth-order valence-corrected chi connectivity index (χ4v) is 4.73. The summed E-state index contributed by atoms with van der Waals surface area (Å²) in [6, 6.07) is 19.3. The average molecular weight is 526 g/mol. The molecule has 5 rings (SSSR count). The molecule has 1 aromatic heterocycles. The van der Waals surface area contributed by atoms with Gasteiger partial charge < -0.3 is 5.32 Å². The summed E-state index contributed by atoms with van der Waals surface area (Å²) in [6.07, 6.45) is -0.197. The van der Waals surface area contributed by atoms with E-state index >= 15 is 0 Å². The van der Waals surface area contributed by atoms with Crippen molar-refractivity contribution in [2.45, 2.75) is 19.4 Å². The van der Waals surface area contributed by atoms with E-state index in [1.54, 1.807) is 61.1 Å². The first-order valence-electron chi connectivity index (χ1n) is 12.0. The number of nitrogens with zero attached hydrogens (tertiary/aromatic N) is 4. The van der Waals surface area contributed by atoms with Gasteiger partial charge in [-0.15, -0.1) is 0 Å². The van der Waals surface area contributed by atoms with Gasteiger partial charge in [0.25, 0.3) is 23.1 Å². The number of nitrogens with one attached hydrogen (secondary N) is 1. The van der Waals surface area contributed by atoms with E-state index in [2.05, 4.69) is 5.32 Å². The largest absolute Gasteiger partial charge is 0.318 e. The lowest BCUT2D eigenvalue weighted by Crippen LogP contribution is -2.49. The van der Waals surface area contributed by atoms with Crippen LogP contribution in [0, 0.1) is 17.0 Å². The Labute approximate surface area is 222 Å². The van der Waals surface area contributed by atoms with Gasteiger partial charge in [-0.3, -0.25) is 38.9 Å². The van der Waals surface area contributed by atoms with E-state index in [0.29, 0.717) is 16.9 Å². The van der Waals surface area contributed by atoms with Gasteiger partial charge in [0.05, 0.1) is 27.4 Å². The van der Waals surface area contributed by atoms with Crippen molar-refractivity contribution in [3.05, 3.63) is 122 Å². The summed E-state index contributed by atoms with van der Waals surface area (Å²) >= 11 is 0. The van der Waals surface area contributed by atoms with E-state index in [-0.39, 0.29) is 28.9 Å². The van der Waals surface area contributed by atoms with Crippen LogP contribution in [0.25, 0.3) is 5.69 Å². The van der Waals surface area contributed by atoms with Gasteiger partial charge in [0.15, 0.2) is 0 Å². The van der Waals surface area contributed by atoms with Crippen LogP contribution in [-0.2, 0) is 18.3 Å². The summed E-state index contributed by atoms with van der Waals surface area (Å²) < 4.78 is 2.98. The number of amides is 3. The zero-order valence-electron chi connectivity index (χ0n) is 21.0. The molecule has 1 N–H and O–H groups in total. The number of anilines is 1. The highest BCUT2D eigenvalue weighted by molar-refractivity contribution is 6.23. The number of rotatable bonds is 7. The number of carbonyl (C=O) groups excluding carboxylic acids is 3. The molecule has 1 atom stereocenters. The Morgan fingerprint density at radius 2 is 1.54 bits per heavy atom. The van der Waals surface area contributed by atoms with Crippen molar-refractivity contribution < 1.29 is 19.3 Å². The number of hydrogen-bond acceptors (Lipinski definition) is 6. The normalized spacial score (nSPS) is 13.3. The smallest absolute Gasteiger partial charge is 0.295 e. The van der Waals surface area contributed by atoms with E-state index in [4.69, 9.17) is 0 Å². The lowest BCUT2D eigenvalue weighted by Gasteiger charge is -2.25. The lowest BCUT2D eigenvalue weighted by atomic mass is 10.0. The van der Waals surface area contributed by atoms with E-state index in [1.165, 1.54) is 35.0 Å². The Morgan fingerprint density at radius 3 is 2.15 bits per heavy atom. The van der Waals surface area contributed by atoms with E-state index < -0.39 is 34.2 Å². The molecule has 0 saturated carbocycles. The number of non-ortho nitro benzene ring substituents is 1. The number of nitro benzene ring substituents is 1. The fourth-order valence-electron chi connectivity index (χ4n) is 4.73. The molecule has 0 spiro atoms. The number of nitro groups is 1. The van der Waals surface area contributed by atoms with Gasteiger partial charge in [0.2, 0.25) is 5.91 Å². The van der Waals surface area contributed by atoms with Crippen LogP contribution >= 0.6 is 0 Å². The van der Waals surface area contributed by atoms with Crippen molar-refractivity contribution in [1.82, 2.24) is 14.3 Å². The maximum Gasteiger partial charge on any atom is 0.295 e. The number of imide groups is 1. The van der Waals surface area contributed by atoms with Crippen LogP contribution in [0.15, 0.2) is 83.7 Å². The van der Waals surface area contributed by atoms with Gasteiger partial charge in [0.1, 0.15) is 11.7 Å². The molecule has 0 saturated heterocycles. The summed E-state index contributed by atoms with van der Waals surface area (Å²) in [4.78, 5) is 65.4. The molecule has 1 unspecified atom stereocenters. The molecule has 3 amide bonds. The summed E-state index contributed by atoms with van der Waals surface area (Å²) in [5.41, 5.74) is 1.02. The molecular weight excluding hydrogens is 502 g/mol. The average Bonchev–Trinajstić information content (AvgIpc) is 3.31. The minimum Gasteiger partial charge on any atom is -0.318 e. The molecule has 11 nitrogen and oxygen atoms in total. The summed E-state index contributed by atoms with van der Waals surface area (Å²) in [7, 11) is 1.67. The zero-order valence-corrected chi connectivity index (χ0v) is 21.0. The number of fused-ring (bicyclic) bond motifs is 1. The zero-order chi connectivity index (χ0) is 27.8. The molecule has 196 valence electrons. The molecule has 11 heteroatoms. The third kappa shape index (κ3) is 4.39. The second-order valence-electron chi connectivity index (χ2n) is 9.10. The summed E-state index contributed by atoms with van der Waals surface area (Å²) in [5.74, 6) is -2.10. The van der Waals surface area contributed by atoms with Crippen LogP contribution in [0.5, 0.6) is 0 Å². The van der Waals surface area contributed by atoms with Crippen molar-refractivity contribution in [2.75, 3.05) is 5.32 Å². The first kappa shape index (κ1) is 25.3. The fraction of sp³-hybridized carbons (Fsp3) is 0.143. The molecule has 1 aliphatic heterocycles. The third-order valence-electron chi connectivity index (χ3n) is 6.79. The Hall–Kier alpha value is -5.32. The van der Waals surface area contributed by atoms with Crippen LogP contribution < -0.4 is 10.9 Å². The Kier molecular flexibility index (Phi) is 6.40. The maximum absolute atomic E-state index is 13.8. The molecule has 1 aliphatic rings. The molecular formula is C28H23N5O6. The first-order valence-corrected chi connectivity index (χ1v) is 12.0. The highest BCUT2D eigenvalue weighted by Crippen LogP contribution is 2.27. The van der Waals surface area contributed by atoms with Gasteiger partial charge in [-0.05, 0) is 36.8 Å². The molecule has 0 aliphatic carbocycles. The molecule has 3 aromatic carbocycles. The number of benzene rings is 3. The van der Waals surface area contributed by atoms with Crippen LogP contribution in [0.2, 0.25) is 0 Å². The van der Waals surface area contributed by atoms with Crippen LogP contribution in [-0.4, -0.2) is 43.0 Å². The molecule has 39 heavy (non-hydrogen) atoms. The van der Waals surface area contributed by atoms with Gasteiger partial charge in [-0.2, -0.15) is 0 Å². The van der Waals surface area contributed by atoms with Crippen LogP contribution in [0.4, 0.5) is 11.4 Å². The minimum absolute atomic E-state index is 0.00740. The summed E-state index contributed by atoms with van der Waals surface area (Å²) in [6.45, 7) is 1.66. The van der Waals surface area contributed by atoms with Crippen molar-refractivity contribution in [2.24, 2.45) is 7.05 Å². The standard InChI is InChI=1S/C28H23N5O6/c1-17-24(28(37)32(30(17)2)19-10-4-3-5-11-19)29-25(34)23(16-18-9-8-12-20(15-18)33(38)39)31-26(35)21-13-6-7-14-22(21)27(31)36/h3-15,23H,16H2,1-2H3,(H,29,34). The molecule has 2 heterocycles. The quantitative estimate of drug-likeness (QED) is 0.223. The van der Waals surface area contributed by atoms with E-state index in [0.717, 1.165) is 4.90 Å². The van der Waals surface area contributed by atoms with Gasteiger partial charge >= 0.3 is 0 Å². The Balaban J connectivity index is 1.55. The minimum atomic E-state index is -1.39. The maximum atomic E-state index is 13.8. The third-order valence-corrected chi connectivity index (χ3v) is 6.79. The van der Waals surface area contributed by atoms with Gasteiger partial charge in [-0.1, -0.05) is 42.5 Å². The first-order chi connectivity index (χ1) is 18.7. The van der Waals surface area contributed by atoms with Crippen molar-refractivity contribution in [3.8, 4) is 5.69 Å². The molecule has 0 fully saturated rings. The number of hydrogen-bond donors (Lipinski definition) is 1. The topological polar surface area (TPSA) is 137 Å². The van der Waals surface area contributed by atoms with E-state index in [9.17, 15) is 29.3 Å². The highest BCUT2D eigenvalue weighted by Gasteiger charge is 2.43. The predicted molar refractivity (Wildman–Crippen MR) is 142 cm³/mol. The van der Waals surface area contributed by atoms with Crippen LogP contribution in [0.3, 0.4) is 0 Å². The molecule has 0 radical (unpaired) electrons. The SMILES string of the molecule is Cc1c(NC(=O)C(Cc2cccc([N+](=O)[O-])c2)N2C(=O)c3ccccc3C2=O)c(=O)n(-c2ccccc2)n1C. The van der Waals surface area contributed by atoms with Crippen molar-refractivity contribution in [3.63, 3.8) is 0 Å². The van der Waals surface area contributed by atoms with E-state index in [1.807, 2.05) is 6.07 Å². The Morgan fingerprint density at radius 1 is 0.923 bits per heavy atom. The van der Waals surface area contributed by atoms with Gasteiger partial charge in [0, 0.05) is 25.6 Å². The monoisotopic (exact) mass is 525 g/mol. The van der Waals surface area contributed by atoms with Crippen molar-refractivity contribution >= 4 is 29.1 Å². The second-order valence-corrected chi connectivity index (χ2v) is 9.10. The Bertz CT molecular complexity index is 1670. The van der Waals surface area contributed by atoms with Crippen LogP contribution in [0.1, 0.15) is 32.0 Å². The number of carbonyl (C=O) groups is 3. The highest BCUT2D eigenvalue weighted by atomic mass is 16.6. The lowest BCUT2D eigenvalue weighted by molar-refractivity contribution is -0.384. The predicted octanol–water partition coefficient (Wildman–Crippen LogP) is 3.24. The van der Waals surface area contributed by atoms with Gasteiger partial charge in [-0.25, -0.2) is 4.68 Å². The van der Waals surface area contributed by atoms with Crippen molar-refractivity contribution in [1.29, 1.82) is 0 Å². The molecule has 4 aromatic rings.